The summed E-state index contributed by atoms with van der Waals surface area (Å²) in [5.74, 6) is 0. The topological polar surface area (TPSA) is 65.4 Å². The number of aliphatic imine (C=N–C) groups is 1. The third kappa shape index (κ3) is 2.49. The Bertz CT molecular complexity index is 388. The van der Waals surface area contributed by atoms with Crippen LogP contribution in [0.2, 0.25) is 0 Å². The number of nitrogens with zero attached hydrogens (tertiary/aromatic N) is 3. The molecule has 4 heteroatoms. The van der Waals surface area contributed by atoms with E-state index in [1.54, 1.807) is 29.4 Å². The molecule has 14 heavy (non-hydrogen) atoms. The Morgan fingerprint density at radius 2 is 2.21 bits per heavy atom. The summed E-state index contributed by atoms with van der Waals surface area (Å²) in [5.41, 5.74) is 7.32. The Morgan fingerprint density at radius 3 is 2.79 bits per heavy atom. The number of rotatable bonds is 2. The lowest BCUT2D eigenvalue weighted by atomic mass is 10.2. The van der Waals surface area contributed by atoms with Gasteiger partial charge in [-0.2, -0.15) is 5.26 Å². The van der Waals surface area contributed by atoms with E-state index in [9.17, 15) is 0 Å². The van der Waals surface area contributed by atoms with Gasteiger partial charge in [0.25, 0.3) is 0 Å². The van der Waals surface area contributed by atoms with Crippen LogP contribution in [0.25, 0.3) is 0 Å². The van der Waals surface area contributed by atoms with Gasteiger partial charge in [0.15, 0.2) is 0 Å². The van der Waals surface area contributed by atoms with Crippen molar-refractivity contribution in [2.24, 2.45) is 4.99 Å². The van der Waals surface area contributed by atoms with Gasteiger partial charge in [-0.25, -0.2) is 4.99 Å². The number of nitrogens with two attached hydrogens (primary N) is 1. The Labute approximate surface area is 83.3 Å². The largest absolute Gasteiger partial charge is 0.399 e. The molecule has 0 heterocycles. The van der Waals surface area contributed by atoms with E-state index < -0.39 is 0 Å². The monoisotopic (exact) mass is 188 g/mol. The molecule has 0 saturated heterocycles. The van der Waals surface area contributed by atoms with Crippen LogP contribution < -0.4 is 5.73 Å². The van der Waals surface area contributed by atoms with E-state index in [2.05, 4.69) is 11.1 Å². The maximum atomic E-state index is 8.80. The molecule has 1 rings (SSSR count). The lowest BCUT2D eigenvalue weighted by Crippen LogP contribution is -2.07. The minimum absolute atomic E-state index is 0.525. The highest BCUT2D eigenvalue weighted by Crippen LogP contribution is 2.20. The molecular formula is C10H12N4. The smallest absolute Gasteiger partial charge is 0.101 e. The van der Waals surface area contributed by atoms with E-state index >= 15 is 0 Å². The molecule has 4 nitrogen and oxygen atoms in total. The van der Waals surface area contributed by atoms with E-state index in [0.29, 0.717) is 16.9 Å². The zero-order valence-electron chi connectivity index (χ0n) is 8.23. The van der Waals surface area contributed by atoms with Crippen molar-refractivity contribution in [3.63, 3.8) is 0 Å². The van der Waals surface area contributed by atoms with E-state index in [-0.39, 0.29) is 0 Å². The summed E-state index contributed by atoms with van der Waals surface area (Å²) in [7, 11) is 3.73. The van der Waals surface area contributed by atoms with Gasteiger partial charge in [-0.05, 0) is 18.2 Å². The van der Waals surface area contributed by atoms with E-state index in [1.807, 2.05) is 14.1 Å². The van der Waals surface area contributed by atoms with Crippen molar-refractivity contribution in [1.82, 2.24) is 4.90 Å². The lowest BCUT2D eigenvalue weighted by molar-refractivity contribution is 0.643. The third-order valence-electron chi connectivity index (χ3n) is 1.57. The molecule has 0 bridgehead atoms. The summed E-state index contributed by atoms with van der Waals surface area (Å²) >= 11 is 0. The van der Waals surface area contributed by atoms with Crippen LogP contribution in [0.1, 0.15) is 5.56 Å². The van der Waals surface area contributed by atoms with Gasteiger partial charge in [0, 0.05) is 19.8 Å². The van der Waals surface area contributed by atoms with Gasteiger partial charge in [-0.1, -0.05) is 0 Å². The van der Waals surface area contributed by atoms with Gasteiger partial charge in [-0.15, -0.1) is 0 Å². The quantitative estimate of drug-likeness (QED) is 0.433. The minimum atomic E-state index is 0.525. The van der Waals surface area contributed by atoms with Gasteiger partial charge < -0.3 is 10.6 Å². The molecule has 0 amide bonds. The Balaban J connectivity index is 3.06. The molecule has 0 saturated carbocycles. The second-order valence-corrected chi connectivity index (χ2v) is 3.10. The van der Waals surface area contributed by atoms with Crippen molar-refractivity contribution in [2.45, 2.75) is 0 Å². The van der Waals surface area contributed by atoms with Crippen LogP contribution in [0.3, 0.4) is 0 Å². The standard InChI is InChI=1S/C10H12N4/c1-14(2)7-13-10-5-9(12)4-3-8(10)6-11/h3-5,7H,12H2,1-2H3/b13-7-. The van der Waals surface area contributed by atoms with Crippen LogP contribution in [0, 0.1) is 11.3 Å². The van der Waals surface area contributed by atoms with Gasteiger partial charge in [0.1, 0.15) is 6.07 Å². The first kappa shape index (κ1) is 10.1. The Kier molecular flexibility index (Phi) is 3.08. The number of hydrogen-bond donors (Lipinski definition) is 1. The zero-order valence-corrected chi connectivity index (χ0v) is 8.23. The molecule has 0 unspecified atom stereocenters. The maximum Gasteiger partial charge on any atom is 0.101 e. The normalized spacial score (nSPS) is 10.1. The average Bonchev–Trinajstić information content (AvgIpc) is 2.15. The van der Waals surface area contributed by atoms with Crippen molar-refractivity contribution < 1.29 is 0 Å². The molecule has 0 aliphatic rings. The molecule has 0 spiro atoms. The third-order valence-corrected chi connectivity index (χ3v) is 1.57. The molecule has 0 aromatic heterocycles. The average molecular weight is 188 g/mol. The molecule has 0 atom stereocenters. The maximum absolute atomic E-state index is 8.80. The number of nitriles is 1. The Morgan fingerprint density at radius 1 is 1.50 bits per heavy atom. The van der Waals surface area contributed by atoms with Crippen LogP contribution in [0.4, 0.5) is 11.4 Å². The summed E-state index contributed by atoms with van der Waals surface area (Å²) in [6.07, 6.45) is 1.63. The van der Waals surface area contributed by atoms with Gasteiger partial charge in [0.05, 0.1) is 17.6 Å². The van der Waals surface area contributed by atoms with E-state index in [0.717, 1.165) is 0 Å². The first-order valence-corrected chi connectivity index (χ1v) is 4.13. The fourth-order valence-electron chi connectivity index (χ4n) is 0.928. The highest BCUT2D eigenvalue weighted by atomic mass is 15.1. The van der Waals surface area contributed by atoms with E-state index in [4.69, 9.17) is 11.0 Å². The molecule has 2 N–H and O–H groups in total. The lowest BCUT2D eigenvalue weighted by Gasteiger charge is -2.03. The summed E-state index contributed by atoms with van der Waals surface area (Å²) in [4.78, 5) is 5.93. The molecule has 0 aliphatic carbocycles. The zero-order chi connectivity index (χ0) is 10.6. The van der Waals surface area contributed by atoms with Crippen LogP contribution in [0.5, 0.6) is 0 Å². The van der Waals surface area contributed by atoms with Crippen LogP contribution >= 0.6 is 0 Å². The number of nitrogen functional groups attached to an aromatic ring is 1. The number of anilines is 1. The van der Waals surface area contributed by atoms with Crippen molar-refractivity contribution in [1.29, 1.82) is 5.26 Å². The summed E-state index contributed by atoms with van der Waals surface area (Å²) in [6, 6.07) is 7.09. The predicted molar refractivity (Wildman–Crippen MR) is 57.4 cm³/mol. The van der Waals surface area contributed by atoms with Crippen molar-refractivity contribution in [2.75, 3.05) is 19.8 Å². The summed E-state index contributed by atoms with van der Waals surface area (Å²) in [6.45, 7) is 0. The predicted octanol–water partition coefficient (Wildman–Crippen LogP) is 1.36. The second-order valence-electron chi connectivity index (χ2n) is 3.10. The second kappa shape index (κ2) is 4.28. The van der Waals surface area contributed by atoms with Crippen LogP contribution in [0.15, 0.2) is 23.2 Å². The van der Waals surface area contributed by atoms with Gasteiger partial charge >= 0.3 is 0 Å². The molecule has 0 fully saturated rings. The summed E-state index contributed by atoms with van der Waals surface area (Å²) in [5, 5.41) is 8.80. The van der Waals surface area contributed by atoms with Crippen molar-refractivity contribution in [3.8, 4) is 6.07 Å². The molecule has 1 aromatic carbocycles. The van der Waals surface area contributed by atoms with Crippen LogP contribution in [-0.2, 0) is 0 Å². The SMILES string of the molecule is CN(C)/C=N\c1cc(N)ccc1C#N. The first-order chi connectivity index (χ1) is 6.63. The highest BCUT2D eigenvalue weighted by molar-refractivity contribution is 5.67. The molecule has 72 valence electrons. The first-order valence-electron chi connectivity index (χ1n) is 4.13. The fourth-order valence-corrected chi connectivity index (χ4v) is 0.928. The summed E-state index contributed by atoms with van der Waals surface area (Å²) < 4.78 is 0. The number of hydrogen-bond acceptors (Lipinski definition) is 3. The fraction of sp³-hybridized carbons (Fsp3) is 0.200. The van der Waals surface area contributed by atoms with Crippen molar-refractivity contribution >= 4 is 17.7 Å². The molecule has 0 radical (unpaired) electrons. The van der Waals surface area contributed by atoms with Crippen LogP contribution in [-0.4, -0.2) is 25.3 Å². The van der Waals surface area contributed by atoms with Gasteiger partial charge in [-0.3, -0.25) is 0 Å². The minimum Gasteiger partial charge on any atom is -0.399 e. The van der Waals surface area contributed by atoms with E-state index in [1.165, 1.54) is 0 Å². The van der Waals surface area contributed by atoms with Gasteiger partial charge in [0.2, 0.25) is 0 Å². The number of benzene rings is 1. The molecular weight excluding hydrogens is 176 g/mol. The highest BCUT2D eigenvalue weighted by Gasteiger charge is 1.99. The Hall–Kier alpha value is -2.02. The van der Waals surface area contributed by atoms with Crippen molar-refractivity contribution in [3.05, 3.63) is 23.8 Å². The molecule has 1 aromatic rings. The molecule has 0 aliphatic heterocycles.